The van der Waals surface area contributed by atoms with E-state index in [2.05, 4.69) is 5.32 Å². The van der Waals surface area contributed by atoms with E-state index in [-0.39, 0.29) is 18.2 Å². The lowest BCUT2D eigenvalue weighted by Crippen LogP contribution is -2.34. The zero-order chi connectivity index (χ0) is 16.4. The minimum absolute atomic E-state index is 0.109. The number of nitrogens with one attached hydrogen (secondary N) is 1. The number of benzene rings is 2. The van der Waals surface area contributed by atoms with Crippen LogP contribution in [0.4, 0.5) is 11.4 Å². The Bertz CT molecular complexity index is 746. The Balaban J connectivity index is 1.78. The average Bonchev–Trinajstić information content (AvgIpc) is 2.82. The molecule has 2 amide bonds. The van der Waals surface area contributed by atoms with Crippen LogP contribution in [-0.2, 0) is 9.59 Å². The number of hydrogen-bond acceptors (Lipinski definition) is 4. The molecule has 1 heterocycles. The average molecular weight is 331 g/mol. The van der Waals surface area contributed by atoms with Crippen molar-refractivity contribution in [3.05, 3.63) is 53.6 Å². The van der Waals surface area contributed by atoms with Crippen LogP contribution >= 0.6 is 11.6 Å². The van der Waals surface area contributed by atoms with Gasteiger partial charge in [-0.25, -0.2) is 4.90 Å². The molecule has 0 radical (unpaired) electrons. The van der Waals surface area contributed by atoms with E-state index >= 15 is 0 Å². The maximum Gasteiger partial charge on any atom is 0.256 e. The molecule has 5 nitrogen and oxygen atoms in total. The lowest BCUT2D eigenvalue weighted by atomic mass is 10.2. The molecule has 1 unspecified atom stereocenters. The Labute approximate surface area is 138 Å². The molecule has 6 heteroatoms. The fourth-order valence-electron chi connectivity index (χ4n) is 2.52. The molecule has 1 saturated heterocycles. The van der Waals surface area contributed by atoms with Crippen molar-refractivity contribution in [1.29, 1.82) is 0 Å². The first-order valence-corrected chi connectivity index (χ1v) is 7.49. The van der Waals surface area contributed by atoms with Crippen LogP contribution in [0.3, 0.4) is 0 Å². The van der Waals surface area contributed by atoms with Crippen molar-refractivity contribution in [2.75, 3.05) is 17.3 Å². The molecule has 1 atom stereocenters. The summed E-state index contributed by atoms with van der Waals surface area (Å²) in [6.07, 6.45) is 0.109. The Morgan fingerprint density at radius 3 is 2.57 bits per heavy atom. The molecular weight excluding hydrogens is 316 g/mol. The third kappa shape index (κ3) is 3.14. The van der Waals surface area contributed by atoms with E-state index < -0.39 is 6.04 Å². The van der Waals surface area contributed by atoms with Crippen LogP contribution in [-0.4, -0.2) is 25.0 Å². The van der Waals surface area contributed by atoms with Gasteiger partial charge in [-0.05, 0) is 42.5 Å². The SMILES string of the molecule is COc1ccc(NC2CC(=O)N(c3cccc(Cl)c3)C2=O)cc1. The second-order valence-electron chi connectivity index (χ2n) is 5.18. The van der Waals surface area contributed by atoms with Crippen LogP contribution in [0.25, 0.3) is 0 Å². The molecule has 2 aromatic rings. The molecule has 3 rings (SSSR count). The molecule has 0 saturated carbocycles. The summed E-state index contributed by atoms with van der Waals surface area (Å²) in [5.41, 5.74) is 1.25. The second kappa shape index (κ2) is 6.30. The molecule has 0 spiro atoms. The van der Waals surface area contributed by atoms with Crippen LogP contribution in [0.5, 0.6) is 5.75 Å². The molecule has 23 heavy (non-hydrogen) atoms. The summed E-state index contributed by atoms with van der Waals surface area (Å²) >= 11 is 5.94. The van der Waals surface area contributed by atoms with E-state index in [4.69, 9.17) is 16.3 Å². The number of anilines is 2. The Hall–Kier alpha value is -2.53. The predicted molar refractivity (Wildman–Crippen MR) is 89.0 cm³/mol. The lowest BCUT2D eigenvalue weighted by molar-refractivity contribution is -0.121. The van der Waals surface area contributed by atoms with E-state index in [0.29, 0.717) is 10.7 Å². The van der Waals surface area contributed by atoms with Crippen LogP contribution in [0.1, 0.15) is 6.42 Å². The number of halogens is 1. The third-order valence-electron chi connectivity index (χ3n) is 3.64. The number of methoxy groups -OCH3 is 1. The molecule has 1 aliphatic heterocycles. The minimum Gasteiger partial charge on any atom is -0.497 e. The van der Waals surface area contributed by atoms with Gasteiger partial charge in [0, 0.05) is 10.7 Å². The highest BCUT2D eigenvalue weighted by Crippen LogP contribution is 2.27. The van der Waals surface area contributed by atoms with Gasteiger partial charge in [0.25, 0.3) is 5.91 Å². The number of carbonyl (C=O) groups is 2. The van der Waals surface area contributed by atoms with Crippen molar-refractivity contribution in [3.8, 4) is 5.75 Å². The number of hydrogen-bond donors (Lipinski definition) is 1. The van der Waals surface area contributed by atoms with Crippen molar-refractivity contribution < 1.29 is 14.3 Å². The van der Waals surface area contributed by atoms with Crippen LogP contribution < -0.4 is 15.0 Å². The van der Waals surface area contributed by atoms with Crippen LogP contribution in [0, 0.1) is 0 Å². The molecule has 0 bridgehead atoms. The van der Waals surface area contributed by atoms with Gasteiger partial charge in [0.05, 0.1) is 19.2 Å². The molecule has 118 valence electrons. The van der Waals surface area contributed by atoms with Gasteiger partial charge in [-0.15, -0.1) is 0 Å². The minimum atomic E-state index is -0.588. The number of ether oxygens (including phenoxy) is 1. The maximum absolute atomic E-state index is 12.5. The van der Waals surface area contributed by atoms with Crippen molar-refractivity contribution in [3.63, 3.8) is 0 Å². The van der Waals surface area contributed by atoms with Crippen molar-refractivity contribution in [2.24, 2.45) is 0 Å². The molecule has 1 fully saturated rings. The summed E-state index contributed by atoms with van der Waals surface area (Å²) in [5.74, 6) is 0.196. The summed E-state index contributed by atoms with van der Waals surface area (Å²) in [5, 5.41) is 3.57. The van der Waals surface area contributed by atoms with Crippen LogP contribution in [0.2, 0.25) is 5.02 Å². The van der Waals surface area contributed by atoms with E-state index in [1.165, 1.54) is 4.90 Å². The van der Waals surface area contributed by atoms with E-state index in [9.17, 15) is 9.59 Å². The zero-order valence-corrected chi connectivity index (χ0v) is 13.2. The molecular formula is C17H15ClN2O3. The number of amides is 2. The first kappa shape index (κ1) is 15.4. The number of rotatable bonds is 4. The topological polar surface area (TPSA) is 58.6 Å². The number of carbonyl (C=O) groups excluding carboxylic acids is 2. The molecule has 0 aliphatic carbocycles. The highest BCUT2D eigenvalue weighted by molar-refractivity contribution is 6.31. The third-order valence-corrected chi connectivity index (χ3v) is 3.88. The van der Waals surface area contributed by atoms with Gasteiger partial charge in [0.15, 0.2) is 0 Å². The van der Waals surface area contributed by atoms with Gasteiger partial charge in [-0.3, -0.25) is 9.59 Å². The van der Waals surface area contributed by atoms with E-state index in [1.54, 1.807) is 55.6 Å². The van der Waals surface area contributed by atoms with Gasteiger partial charge in [-0.1, -0.05) is 17.7 Å². The number of nitrogens with zero attached hydrogens (tertiary/aromatic N) is 1. The monoisotopic (exact) mass is 330 g/mol. The van der Waals surface area contributed by atoms with Crippen molar-refractivity contribution >= 4 is 34.8 Å². The van der Waals surface area contributed by atoms with Gasteiger partial charge in [-0.2, -0.15) is 0 Å². The zero-order valence-electron chi connectivity index (χ0n) is 12.5. The summed E-state index contributed by atoms with van der Waals surface area (Å²) < 4.78 is 5.09. The van der Waals surface area contributed by atoms with Gasteiger partial charge in [0.2, 0.25) is 5.91 Å². The highest BCUT2D eigenvalue weighted by atomic mass is 35.5. The first-order valence-electron chi connectivity index (χ1n) is 7.11. The molecule has 1 aliphatic rings. The smallest absolute Gasteiger partial charge is 0.256 e. The summed E-state index contributed by atoms with van der Waals surface area (Å²) in [6.45, 7) is 0. The van der Waals surface area contributed by atoms with Crippen LogP contribution in [0.15, 0.2) is 48.5 Å². The Morgan fingerprint density at radius 1 is 1.17 bits per heavy atom. The van der Waals surface area contributed by atoms with Gasteiger partial charge < -0.3 is 10.1 Å². The van der Waals surface area contributed by atoms with E-state index in [0.717, 1.165) is 11.4 Å². The number of imide groups is 1. The molecule has 2 aromatic carbocycles. The second-order valence-corrected chi connectivity index (χ2v) is 5.61. The standard InChI is InChI=1S/C17H15ClN2O3/c1-23-14-7-5-12(6-8-14)19-15-10-16(21)20(17(15)22)13-4-2-3-11(18)9-13/h2-9,15,19H,10H2,1H3. The fourth-order valence-corrected chi connectivity index (χ4v) is 2.70. The van der Waals surface area contributed by atoms with Crippen molar-refractivity contribution in [2.45, 2.75) is 12.5 Å². The fraction of sp³-hybridized carbons (Fsp3) is 0.176. The van der Waals surface area contributed by atoms with Gasteiger partial charge >= 0.3 is 0 Å². The highest BCUT2D eigenvalue weighted by Gasteiger charge is 2.39. The van der Waals surface area contributed by atoms with E-state index in [1.807, 2.05) is 0 Å². The molecule has 1 N–H and O–H groups in total. The van der Waals surface area contributed by atoms with Crippen molar-refractivity contribution in [1.82, 2.24) is 0 Å². The van der Waals surface area contributed by atoms with Gasteiger partial charge in [0.1, 0.15) is 11.8 Å². The summed E-state index contributed by atoms with van der Waals surface area (Å²) in [6, 6.07) is 13.3. The Kier molecular flexibility index (Phi) is 4.21. The quantitative estimate of drug-likeness (QED) is 0.875. The summed E-state index contributed by atoms with van der Waals surface area (Å²) in [4.78, 5) is 25.9. The Morgan fingerprint density at radius 2 is 1.91 bits per heavy atom. The lowest BCUT2D eigenvalue weighted by Gasteiger charge is -2.16. The largest absolute Gasteiger partial charge is 0.497 e. The maximum atomic E-state index is 12.5. The molecule has 0 aromatic heterocycles. The summed E-state index contributed by atoms with van der Waals surface area (Å²) in [7, 11) is 1.59. The normalized spacial score (nSPS) is 17.5. The first-order chi connectivity index (χ1) is 11.1. The predicted octanol–water partition coefficient (Wildman–Crippen LogP) is 3.09.